The molecule has 42 heavy (non-hydrogen) atoms. The van der Waals surface area contributed by atoms with Crippen LogP contribution in [-0.2, 0) is 32.8 Å². The molecule has 19 nitrogen and oxygen atoms in total. The van der Waals surface area contributed by atoms with Gasteiger partial charge in [0.05, 0.1) is 30.8 Å². The molecule has 1 saturated carbocycles. The minimum atomic E-state index is -5.23. The van der Waals surface area contributed by atoms with Crippen molar-refractivity contribution in [2.45, 2.75) is 111 Å². The van der Waals surface area contributed by atoms with E-state index in [2.05, 4.69) is 5.32 Å². The lowest BCUT2D eigenvalue weighted by Crippen LogP contribution is -2.69. The number of phosphoric acid groups is 1. The Balaban J connectivity index is 1.91. The SMILES string of the molecule is NCC[C@@H](O)C(=O)N[C@@H]1C[C@H](N)[C@@H](O[C@H]2O[C@H](CN)CC[C@H]2N)[C@H](O)[C@H]1O[C@H]1O[C@H](CO)[C@@H](O)[C@H](N)[C@H]1OP(=O)(O)O. The van der Waals surface area contributed by atoms with E-state index in [1.165, 1.54) is 0 Å². The van der Waals surface area contributed by atoms with Crippen LogP contribution < -0.4 is 34.0 Å². The van der Waals surface area contributed by atoms with Crippen LogP contribution in [0.4, 0.5) is 0 Å². The van der Waals surface area contributed by atoms with Gasteiger partial charge in [-0.3, -0.25) is 9.32 Å². The monoisotopic (exact) mass is 632 g/mol. The van der Waals surface area contributed by atoms with Crippen molar-refractivity contribution in [1.29, 1.82) is 0 Å². The molecule has 2 aliphatic heterocycles. The molecular formula is C22H45N6O13P. The van der Waals surface area contributed by atoms with Gasteiger partial charge in [-0.15, -0.1) is 0 Å². The summed E-state index contributed by atoms with van der Waals surface area (Å²) >= 11 is 0. The van der Waals surface area contributed by atoms with Crippen LogP contribution in [0, 0.1) is 0 Å². The van der Waals surface area contributed by atoms with E-state index in [9.17, 15) is 39.6 Å². The predicted octanol–water partition coefficient (Wildman–Crippen LogP) is -6.28. The van der Waals surface area contributed by atoms with Gasteiger partial charge in [-0.05, 0) is 32.2 Å². The van der Waals surface area contributed by atoms with E-state index in [1.807, 2.05) is 0 Å². The molecule has 1 amide bonds. The van der Waals surface area contributed by atoms with Crippen molar-refractivity contribution in [1.82, 2.24) is 5.32 Å². The number of carbonyl (C=O) groups excluding carboxylic acids is 1. The first-order valence-electron chi connectivity index (χ1n) is 13.7. The lowest BCUT2D eigenvalue weighted by molar-refractivity contribution is -0.311. The summed E-state index contributed by atoms with van der Waals surface area (Å²) in [5, 5.41) is 44.2. The van der Waals surface area contributed by atoms with Crippen molar-refractivity contribution < 1.29 is 63.0 Å². The van der Waals surface area contributed by atoms with E-state index >= 15 is 0 Å². The van der Waals surface area contributed by atoms with Crippen molar-refractivity contribution >= 4 is 13.7 Å². The maximum atomic E-state index is 12.7. The molecule has 2 heterocycles. The van der Waals surface area contributed by atoms with Crippen LogP contribution in [0.5, 0.6) is 0 Å². The minimum absolute atomic E-state index is 0.00272. The molecular weight excluding hydrogens is 587 g/mol. The Labute approximate surface area is 242 Å². The normalized spacial score (nSPS) is 42.2. The number of nitrogens with one attached hydrogen (secondary N) is 1. The minimum Gasteiger partial charge on any atom is -0.394 e. The fourth-order valence-electron chi connectivity index (χ4n) is 5.29. The quantitative estimate of drug-likeness (QED) is 0.0890. The summed E-state index contributed by atoms with van der Waals surface area (Å²) in [5.41, 5.74) is 29.7. The number of aliphatic hydroxyl groups is 4. The zero-order chi connectivity index (χ0) is 31.4. The fraction of sp³-hybridized carbons (Fsp3) is 0.955. The number of hydrogen-bond acceptors (Lipinski definition) is 16. The standard InChI is InChI=1S/C22H45N6O13P/c23-4-3-12(30)20(33)28-11-5-10(26)17(39-21-9(25)2-1-8(6-24)37-21)16(32)18(11)40-22-19(41-42(34,35)36)14(27)15(31)13(7-29)38-22/h8-19,21-22,29-32H,1-7,23-27H2,(H,28,33)(H2,34,35,36)/t8-,9+,10-,11+,12+,13+,14-,15+,16-,17+,18-,19+,21+,22+/m0/s1. The highest BCUT2D eigenvalue weighted by Gasteiger charge is 2.52. The van der Waals surface area contributed by atoms with Crippen LogP contribution in [0.3, 0.4) is 0 Å². The van der Waals surface area contributed by atoms with E-state index in [0.29, 0.717) is 12.8 Å². The summed E-state index contributed by atoms with van der Waals surface area (Å²) in [4.78, 5) is 31.6. The van der Waals surface area contributed by atoms with Crippen LogP contribution in [0.2, 0.25) is 0 Å². The van der Waals surface area contributed by atoms with Gasteiger partial charge in [0, 0.05) is 12.6 Å². The number of carbonyl (C=O) groups is 1. The summed E-state index contributed by atoms with van der Waals surface area (Å²) in [6.07, 6.45) is -12.8. The first-order chi connectivity index (χ1) is 19.7. The molecule has 14 atom stereocenters. The molecule has 0 aromatic carbocycles. The van der Waals surface area contributed by atoms with E-state index in [4.69, 9.17) is 52.1 Å². The van der Waals surface area contributed by atoms with Crippen molar-refractivity contribution in [3.05, 3.63) is 0 Å². The van der Waals surface area contributed by atoms with Crippen molar-refractivity contribution in [2.75, 3.05) is 19.7 Å². The van der Waals surface area contributed by atoms with Gasteiger partial charge < -0.3 is 83.1 Å². The molecule has 0 aromatic rings. The number of nitrogens with two attached hydrogens (primary N) is 5. The summed E-state index contributed by atoms with van der Waals surface area (Å²) in [6.45, 7) is -0.552. The average molecular weight is 633 g/mol. The zero-order valence-corrected chi connectivity index (χ0v) is 23.8. The third-order valence-corrected chi connectivity index (χ3v) is 8.12. The number of amides is 1. The number of phosphoric ester groups is 1. The second kappa shape index (κ2) is 15.4. The van der Waals surface area contributed by atoms with E-state index < -0.39 is 99.8 Å². The molecule has 0 radical (unpaired) electrons. The third kappa shape index (κ3) is 8.83. The van der Waals surface area contributed by atoms with E-state index in [0.717, 1.165) is 0 Å². The van der Waals surface area contributed by atoms with Gasteiger partial charge in [0.2, 0.25) is 5.91 Å². The molecule has 20 heteroatoms. The topological polar surface area (TPSA) is 344 Å². The summed E-state index contributed by atoms with van der Waals surface area (Å²) < 4.78 is 39.8. The molecule has 3 aliphatic rings. The summed E-state index contributed by atoms with van der Waals surface area (Å²) in [7, 11) is -5.23. The highest BCUT2D eigenvalue weighted by atomic mass is 31.2. The summed E-state index contributed by atoms with van der Waals surface area (Å²) in [5.74, 6) is -0.853. The average Bonchev–Trinajstić information content (AvgIpc) is 2.92. The Morgan fingerprint density at radius 3 is 2.24 bits per heavy atom. The molecule has 0 unspecified atom stereocenters. The first kappa shape index (κ1) is 35.5. The Kier molecular flexibility index (Phi) is 13.0. The van der Waals surface area contributed by atoms with Crippen molar-refractivity contribution in [3.63, 3.8) is 0 Å². The van der Waals surface area contributed by atoms with E-state index in [-0.39, 0.29) is 32.0 Å². The van der Waals surface area contributed by atoms with Crippen LogP contribution in [0.1, 0.15) is 25.7 Å². The molecule has 0 aromatic heterocycles. The Morgan fingerprint density at radius 1 is 0.976 bits per heavy atom. The van der Waals surface area contributed by atoms with Gasteiger partial charge in [-0.25, -0.2) is 4.57 Å². The van der Waals surface area contributed by atoms with Gasteiger partial charge in [0.1, 0.15) is 42.7 Å². The van der Waals surface area contributed by atoms with Crippen LogP contribution in [0.25, 0.3) is 0 Å². The summed E-state index contributed by atoms with van der Waals surface area (Å²) in [6, 6.07) is -4.16. The molecule has 3 fully saturated rings. The molecule has 3 rings (SSSR count). The maximum Gasteiger partial charge on any atom is 0.470 e. The molecule has 2 saturated heterocycles. The smallest absolute Gasteiger partial charge is 0.394 e. The van der Waals surface area contributed by atoms with Crippen LogP contribution in [0.15, 0.2) is 0 Å². The second-order valence-corrected chi connectivity index (χ2v) is 11.9. The van der Waals surface area contributed by atoms with Gasteiger partial charge in [-0.1, -0.05) is 0 Å². The molecule has 1 aliphatic carbocycles. The molecule has 0 spiro atoms. The highest BCUT2D eigenvalue weighted by molar-refractivity contribution is 7.46. The Hall–Kier alpha value is -0.940. The van der Waals surface area contributed by atoms with Crippen molar-refractivity contribution in [2.24, 2.45) is 28.7 Å². The fourth-order valence-corrected chi connectivity index (χ4v) is 5.84. The predicted molar refractivity (Wildman–Crippen MR) is 142 cm³/mol. The number of hydrogen-bond donors (Lipinski definition) is 12. The lowest BCUT2D eigenvalue weighted by Gasteiger charge is -2.49. The number of aliphatic hydroxyl groups excluding tert-OH is 4. The lowest BCUT2D eigenvalue weighted by atomic mass is 9.83. The maximum absolute atomic E-state index is 12.7. The first-order valence-corrected chi connectivity index (χ1v) is 15.2. The van der Waals surface area contributed by atoms with Gasteiger partial charge in [0.15, 0.2) is 12.6 Å². The Morgan fingerprint density at radius 2 is 1.64 bits per heavy atom. The number of ether oxygens (including phenoxy) is 4. The van der Waals surface area contributed by atoms with Gasteiger partial charge in [0.25, 0.3) is 0 Å². The van der Waals surface area contributed by atoms with E-state index in [1.54, 1.807) is 0 Å². The van der Waals surface area contributed by atoms with Crippen LogP contribution in [-0.4, -0.2) is 141 Å². The highest BCUT2D eigenvalue weighted by Crippen LogP contribution is 2.42. The van der Waals surface area contributed by atoms with Gasteiger partial charge in [-0.2, -0.15) is 0 Å². The molecule has 17 N–H and O–H groups in total. The largest absolute Gasteiger partial charge is 0.470 e. The Bertz CT molecular complexity index is 922. The van der Waals surface area contributed by atoms with Gasteiger partial charge >= 0.3 is 7.82 Å². The second-order valence-electron chi connectivity index (χ2n) is 10.8. The van der Waals surface area contributed by atoms with Crippen molar-refractivity contribution in [3.8, 4) is 0 Å². The molecule has 246 valence electrons. The zero-order valence-electron chi connectivity index (χ0n) is 22.9. The van der Waals surface area contributed by atoms with Crippen LogP contribution >= 0.6 is 7.82 Å². The molecule has 0 bridgehead atoms. The third-order valence-electron chi connectivity index (χ3n) is 7.60. The number of rotatable bonds is 12.